The van der Waals surface area contributed by atoms with Crippen molar-refractivity contribution < 1.29 is 40.3 Å². The maximum absolute atomic E-state index is 13.7. The van der Waals surface area contributed by atoms with E-state index in [1.165, 1.54) is 13.1 Å². The van der Waals surface area contributed by atoms with Crippen molar-refractivity contribution in [1.82, 2.24) is 10.3 Å². The lowest BCUT2D eigenvalue weighted by molar-refractivity contribution is -0.143. The molecule has 0 spiro atoms. The molecule has 34 heavy (non-hydrogen) atoms. The molecule has 0 atom stereocenters. The van der Waals surface area contributed by atoms with Crippen LogP contribution in [0.3, 0.4) is 0 Å². The van der Waals surface area contributed by atoms with Crippen molar-refractivity contribution in [3.05, 3.63) is 58.7 Å². The summed E-state index contributed by atoms with van der Waals surface area (Å²) in [6, 6.07) is 2.48. The second-order valence-corrected chi connectivity index (χ2v) is 7.58. The molecule has 0 aliphatic carbocycles. The van der Waals surface area contributed by atoms with Crippen LogP contribution in [0.15, 0.2) is 30.5 Å². The van der Waals surface area contributed by atoms with Crippen molar-refractivity contribution in [1.29, 1.82) is 0 Å². The van der Waals surface area contributed by atoms with E-state index < -0.39 is 46.7 Å². The third kappa shape index (κ3) is 6.13. The fourth-order valence-electron chi connectivity index (χ4n) is 2.71. The van der Waals surface area contributed by atoms with Crippen LogP contribution in [0.5, 0.6) is 5.75 Å². The van der Waals surface area contributed by atoms with E-state index in [9.17, 15) is 35.5 Å². The third-order valence-electron chi connectivity index (χ3n) is 4.34. The highest BCUT2D eigenvalue weighted by atomic mass is 32.2. The molecule has 5 nitrogen and oxygen atoms in total. The molecule has 0 saturated carbocycles. The number of benzene rings is 1. The van der Waals surface area contributed by atoms with Gasteiger partial charge in [0.15, 0.2) is 5.75 Å². The molecule has 1 aromatic carbocycles. The Hall–Kier alpha value is -2.96. The van der Waals surface area contributed by atoms with Gasteiger partial charge in [-0.25, -0.2) is 14.2 Å². The highest BCUT2D eigenvalue weighted by molar-refractivity contribution is 8.08. The van der Waals surface area contributed by atoms with E-state index in [-0.39, 0.29) is 28.4 Å². The zero-order valence-electron chi connectivity index (χ0n) is 18.4. The summed E-state index contributed by atoms with van der Waals surface area (Å²) >= 11 is 0.940. The quantitative estimate of drug-likeness (QED) is 0.459. The van der Waals surface area contributed by atoms with Gasteiger partial charge in [-0.1, -0.05) is 13.8 Å². The molecule has 1 aliphatic rings. The minimum absolute atomic E-state index is 0.0304. The summed E-state index contributed by atoms with van der Waals surface area (Å²) in [5.41, 5.74) is -3.93. The monoisotopic (exact) mass is 511 g/mol. The minimum Gasteiger partial charge on any atom is -0.409 e. The van der Waals surface area contributed by atoms with Gasteiger partial charge in [0.05, 0.1) is 22.7 Å². The van der Waals surface area contributed by atoms with Crippen LogP contribution in [0, 0.1) is 12.7 Å². The first kappa shape index (κ1) is 27.3. The average molecular weight is 511 g/mol. The largest absolute Gasteiger partial charge is 0.420 e. The summed E-state index contributed by atoms with van der Waals surface area (Å²) in [6.07, 6.45) is -10.5. The highest BCUT2D eigenvalue weighted by Crippen LogP contribution is 2.47. The standard InChI is InChI=1S/C19H14F7N3O2S.C2H6/c1-9-13(20)3-4-15(28-9)29(2)17(30)31-16-11(14-7-27-8-32-14)5-10(18(21,22)23)6-12(16)19(24,25)26;1-2/h3-7,27H,8H2,1-2H3;1-2H3. The molecule has 2 aromatic rings. The molecule has 0 unspecified atom stereocenters. The number of carbonyl (C=O) groups is 1. The Bertz CT molecular complexity index is 1090. The van der Waals surface area contributed by atoms with Gasteiger partial charge in [0.2, 0.25) is 0 Å². The van der Waals surface area contributed by atoms with Crippen molar-refractivity contribution >= 4 is 28.6 Å². The number of alkyl halides is 6. The molecule has 0 bridgehead atoms. The van der Waals surface area contributed by atoms with Gasteiger partial charge in [0, 0.05) is 23.7 Å². The van der Waals surface area contributed by atoms with Crippen LogP contribution in [-0.4, -0.2) is 24.0 Å². The smallest absolute Gasteiger partial charge is 0.409 e. The van der Waals surface area contributed by atoms with Gasteiger partial charge < -0.3 is 10.1 Å². The SMILES string of the molecule is CC.Cc1nc(N(C)C(=O)Oc2c(C3=CNCS3)cc(C(F)(F)F)cc2C(F)(F)F)ccc1F. The number of amides is 1. The van der Waals surface area contributed by atoms with Crippen molar-refractivity contribution in [3.63, 3.8) is 0 Å². The van der Waals surface area contributed by atoms with Crippen molar-refractivity contribution in [3.8, 4) is 5.75 Å². The lowest BCUT2D eigenvalue weighted by atomic mass is 10.0. The van der Waals surface area contributed by atoms with Gasteiger partial charge in [-0.2, -0.15) is 26.3 Å². The number of hydrogen-bond donors (Lipinski definition) is 1. The topological polar surface area (TPSA) is 54.5 Å². The normalized spacial score (nSPS) is 13.4. The van der Waals surface area contributed by atoms with E-state index >= 15 is 0 Å². The van der Waals surface area contributed by atoms with Crippen LogP contribution in [0.1, 0.15) is 36.2 Å². The number of nitrogens with zero attached hydrogens (tertiary/aromatic N) is 2. The lowest BCUT2D eigenvalue weighted by Crippen LogP contribution is -2.31. The first-order valence-electron chi connectivity index (χ1n) is 9.77. The van der Waals surface area contributed by atoms with Crippen LogP contribution >= 0.6 is 11.8 Å². The zero-order valence-corrected chi connectivity index (χ0v) is 19.2. The van der Waals surface area contributed by atoms with E-state index in [2.05, 4.69) is 10.3 Å². The number of carbonyl (C=O) groups excluding carboxylic acids is 1. The molecule has 13 heteroatoms. The fraction of sp³-hybridized carbons (Fsp3) is 0.333. The molecule has 1 aromatic heterocycles. The van der Waals surface area contributed by atoms with E-state index in [1.807, 2.05) is 13.8 Å². The maximum atomic E-state index is 13.7. The van der Waals surface area contributed by atoms with E-state index in [0.717, 1.165) is 30.9 Å². The molecule has 0 fully saturated rings. The zero-order chi connectivity index (χ0) is 25.8. The second-order valence-electron chi connectivity index (χ2n) is 6.56. The van der Waals surface area contributed by atoms with Crippen molar-refractivity contribution in [2.24, 2.45) is 0 Å². The second kappa shape index (κ2) is 10.5. The van der Waals surface area contributed by atoms with E-state index in [4.69, 9.17) is 4.74 Å². The van der Waals surface area contributed by atoms with E-state index in [1.54, 1.807) is 0 Å². The van der Waals surface area contributed by atoms with Gasteiger partial charge >= 0.3 is 18.4 Å². The van der Waals surface area contributed by atoms with Gasteiger partial charge in [0.1, 0.15) is 11.6 Å². The first-order chi connectivity index (χ1) is 15.8. The molecule has 1 aliphatic heterocycles. The molecular formula is C21H20F7N3O2S. The number of pyridine rings is 1. The molecule has 0 radical (unpaired) electrons. The number of anilines is 1. The Morgan fingerprint density at radius 1 is 1.12 bits per heavy atom. The summed E-state index contributed by atoms with van der Waals surface area (Å²) in [4.78, 5) is 17.1. The third-order valence-corrected chi connectivity index (χ3v) is 5.30. The number of nitrogens with one attached hydrogen (secondary N) is 1. The average Bonchev–Trinajstić information content (AvgIpc) is 3.29. The minimum atomic E-state index is -5.26. The first-order valence-corrected chi connectivity index (χ1v) is 10.8. The van der Waals surface area contributed by atoms with Crippen LogP contribution in [0.4, 0.5) is 41.3 Å². The van der Waals surface area contributed by atoms with Crippen LogP contribution in [-0.2, 0) is 12.4 Å². The van der Waals surface area contributed by atoms with Crippen molar-refractivity contribution in [2.75, 3.05) is 17.8 Å². The van der Waals surface area contributed by atoms with E-state index in [0.29, 0.717) is 11.0 Å². The molecule has 1 N–H and O–H groups in total. The number of hydrogen-bond acceptors (Lipinski definition) is 5. The summed E-state index contributed by atoms with van der Waals surface area (Å²) in [7, 11) is 1.12. The van der Waals surface area contributed by atoms with Crippen LogP contribution < -0.4 is 15.0 Å². The highest BCUT2D eigenvalue weighted by Gasteiger charge is 2.42. The van der Waals surface area contributed by atoms with Gasteiger partial charge in [-0.3, -0.25) is 4.90 Å². The maximum Gasteiger partial charge on any atom is 0.420 e. The number of halogens is 7. The molecular weight excluding hydrogens is 491 g/mol. The summed E-state index contributed by atoms with van der Waals surface area (Å²) in [5, 5.41) is 2.67. The summed E-state index contributed by atoms with van der Waals surface area (Å²) in [5.74, 6) is -1.67. The van der Waals surface area contributed by atoms with Gasteiger partial charge in [0.25, 0.3) is 0 Å². The molecule has 2 heterocycles. The fourth-order valence-corrected chi connectivity index (χ4v) is 3.51. The number of aromatic nitrogens is 1. The van der Waals surface area contributed by atoms with Crippen molar-refractivity contribution in [2.45, 2.75) is 33.1 Å². The molecule has 0 saturated heterocycles. The Kier molecular flexibility index (Phi) is 8.45. The Balaban J connectivity index is 0.00000199. The molecule has 1 amide bonds. The van der Waals surface area contributed by atoms with Crippen LogP contribution in [0.2, 0.25) is 0 Å². The Morgan fingerprint density at radius 3 is 2.26 bits per heavy atom. The number of thioether (sulfide) groups is 1. The predicted molar refractivity (Wildman–Crippen MR) is 115 cm³/mol. The number of rotatable bonds is 3. The number of ether oxygens (including phenoxy) is 1. The summed E-state index contributed by atoms with van der Waals surface area (Å²) in [6.45, 7) is 5.31. The van der Waals surface area contributed by atoms with Gasteiger partial charge in [-0.15, -0.1) is 11.8 Å². The van der Waals surface area contributed by atoms with Crippen LogP contribution in [0.25, 0.3) is 4.91 Å². The Labute approximate surface area is 195 Å². The summed E-state index contributed by atoms with van der Waals surface area (Å²) < 4.78 is 99.3. The molecule has 186 valence electrons. The Morgan fingerprint density at radius 2 is 1.76 bits per heavy atom. The number of aryl methyl sites for hydroxylation is 1. The molecule has 3 rings (SSSR count). The van der Waals surface area contributed by atoms with Gasteiger partial charge in [-0.05, 0) is 31.2 Å². The lowest BCUT2D eigenvalue weighted by Gasteiger charge is -2.22. The predicted octanol–water partition coefficient (Wildman–Crippen LogP) is 6.82.